The van der Waals surface area contributed by atoms with E-state index in [9.17, 15) is 84.3 Å². The summed E-state index contributed by atoms with van der Waals surface area (Å²) in [6.07, 6.45) is 5.08. The van der Waals surface area contributed by atoms with Crippen LogP contribution in [0.4, 0.5) is 0 Å². The summed E-state index contributed by atoms with van der Waals surface area (Å²) in [4.78, 5) is 103. The molecule has 0 saturated carbocycles. The van der Waals surface area contributed by atoms with Crippen LogP contribution in [0.15, 0.2) is 0 Å². The molecule has 3 fully saturated rings. The summed E-state index contributed by atoms with van der Waals surface area (Å²) in [6, 6.07) is 0. The van der Waals surface area contributed by atoms with Gasteiger partial charge in [-0.1, -0.05) is 79.1 Å². The number of carbonyl (C=O) groups excluding carboxylic acids is 8. The lowest BCUT2D eigenvalue weighted by Crippen LogP contribution is -2.55. The van der Waals surface area contributed by atoms with Crippen molar-refractivity contribution in [2.24, 2.45) is 29.1 Å². The van der Waals surface area contributed by atoms with Crippen molar-refractivity contribution in [2.75, 3.05) is 99.5 Å². The largest absolute Gasteiger partial charge is 0.469 e. The van der Waals surface area contributed by atoms with Crippen LogP contribution in [0.1, 0.15) is 240 Å². The van der Waals surface area contributed by atoms with E-state index in [-0.39, 0.29) is 157 Å². The Hall–Kier alpha value is -3.96. The highest BCUT2D eigenvalue weighted by molar-refractivity contribution is 5.80. The maximum absolute atomic E-state index is 14.0. The number of amides is 2. The minimum Gasteiger partial charge on any atom is -0.469 e. The summed E-state index contributed by atoms with van der Waals surface area (Å²) in [5.41, 5.74) is -1.06. The molecule has 0 aromatic heterocycles. The topological polar surface area (TPSA) is 435 Å². The molecule has 106 heavy (non-hydrogen) atoms. The lowest BCUT2D eigenvalue weighted by Gasteiger charge is -2.40. The zero-order chi connectivity index (χ0) is 78.1. The first kappa shape index (κ1) is 96.2. The molecular weight excluding hydrogens is 1380 g/mol. The molecule has 3 aliphatic heterocycles. The Morgan fingerprint density at radius 3 is 1.12 bits per heavy atom. The van der Waals surface area contributed by atoms with Crippen molar-refractivity contribution in [3.63, 3.8) is 0 Å². The standard InChI is InChI=1S/C77H136N2O27/c1-53(33-44-103-76-56(4)70(93)73(96)64(49-82)106-76)45-60(86)29-18-13-17-27-59(85)35-42-99-51-77(46-61(87)30-14-10-8-6-7-9-11-19-32-67(90)97-5,50-98-41-34-58(84)26-16-12-15-25-57(83)28-20-22-39-101-74-54(2)68(91)71(94)62(47-80)104-74)52-100-43-36-66(89)79-38-24-37-78-65(88)31-21-23-40-102-75-55(3)69(92)72(95)63(48-81)105-75/h53-56,62-64,68-76,80-82,91-96H,6-52H2,1-5H3,(H,78,88)(H,79,89). The molecule has 3 saturated heterocycles. The van der Waals surface area contributed by atoms with E-state index in [0.29, 0.717) is 135 Å². The molecule has 3 aliphatic rings. The monoisotopic (exact) mass is 1520 g/mol. The number of rotatable bonds is 65. The number of methoxy groups -OCH3 is 1. The van der Waals surface area contributed by atoms with Crippen LogP contribution in [-0.4, -0.2) is 266 Å². The van der Waals surface area contributed by atoms with Gasteiger partial charge in [-0.3, -0.25) is 38.4 Å². The van der Waals surface area contributed by atoms with Gasteiger partial charge in [0.2, 0.25) is 11.8 Å². The van der Waals surface area contributed by atoms with Crippen LogP contribution < -0.4 is 10.6 Å². The Kier molecular flexibility index (Phi) is 51.9. The second-order valence-corrected chi connectivity index (χ2v) is 29.7. The first-order chi connectivity index (χ1) is 50.9. The van der Waals surface area contributed by atoms with E-state index in [1.165, 1.54) is 7.11 Å². The molecule has 0 aromatic rings. The maximum Gasteiger partial charge on any atom is 0.305 e. The Balaban J connectivity index is 1.53. The van der Waals surface area contributed by atoms with Gasteiger partial charge in [0.15, 0.2) is 18.9 Å². The van der Waals surface area contributed by atoms with Gasteiger partial charge in [0.1, 0.15) is 65.5 Å². The van der Waals surface area contributed by atoms with Crippen molar-refractivity contribution >= 4 is 46.7 Å². The Bertz CT molecular complexity index is 2330. The molecule has 11 N–H and O–H groups in total. The molecule has 0 aromatic carbocycles. The predicted octanol–water partition coefficient (Wildman–Crippen LogP) is 5.06. The van der Waals surface area contributed by atoms with Gasteiger partial charge in [-0.05, 0) is 83.0 Å². The van der Waals surface area contributed by atoms with Crippen molar-refractivity contribution in [3.05, 3.63) is 0 Å². The van der Waals surface area contributed by atoms with E-state index < -0.39 is 117 Å². The Morgan fingerprint density at radius 2 is 0.708 bits per heavy atom. The van der Waals surface area contributed by atoms with Crippen LogP contribution in [0.25, 0.3) is 0 Å². The molecule has 0 spiro atoms. The third kappa shape index (κ3) is 40.3. The summed E-state index contributed by atoms with van der Waals surface area (Å²) >= 11 is 0. The van der Waals surface area contributed by atoms with E-state index in [4.69, 9.17) is 47.4 Å². The number of esters is 1. The predicted molar refractivity (Wildman–Crippen MR) is 388 cm³/mol. The number of hydrogen-bond acceptors (Lipinski definition) is 27. The highest BCUT2D eigenvalue weighted by Crippen LogP contribution is 2.32. The molecule has 3 rings (SSSR count). The third-order valence-electron chi connectivity index (χ3n) is 20.2. The van der Waals surface area contributed by atoms with Gasteiger partial charge >= 0.3 is 5.97 Å². The van der Waals surface area contributed by atoms with Crippen LogP contribution in [0, 0.1) is 29.1 Å². The van der Waals surface area contributed by atoms with Gasteiger partial charge < -0.3 is 104 Å². The highest BCUT2D eigenvalue weighted by Gasteiger charge is 2.45. The second kappa shape index (κ2) is 57.1. The molecule has 29 nitrogen and oxygen atoms in total. The number of aliphatic hydroxyl groups is 9. The first-order valence-corrected chi connectivity index (χ1v) is 39.5. The average Bonchev–Trinajstić information content (AvgIpc) is 0.834. The van der Waals surface area contributed by atoms with E-state index >= 15 is 0 Å². The van der Waals surface area contributed by atoms with Crippen LogP contribution >= 0.6 is 0 Å². The van der Waals surface area contributed by atoms with E-state index in [1.54, 1.807) is 20.8 Å². The van der Waals surface area contributed by atoms with Gasteiger partial charge in [0.25, 0.3) is 0 Å². The quantitative estimate of drug-likeness (QED) is 0.0280. The number of unbranched alkanes of at least 4 members (excludes halogenated alkanes) is 13. The fourth-order valence-electron chi connectivity index (χ4n) is 13.1. The number of carbonyl (C=O) groups is 8. The molecular formula is C77H136N2O27. The van der Waals surface area contributed by atoms with Crippen molar-refractivity contribution in [1.82, 2.24) is 10.6 Å². The van der Waals surface area contributed by atoms with Gasteiger partial charge in [-0.25, -0.2) is 0 Å². The molecule has 29 heteroatoms. The Morgan fingerprint density at radius 1 is 0.377 bits per heavy atom. The van der Waals surface area contributed by atoms with Crippen LogP contribution in [0.3, 0.4) is 0 Å². The minimum atomic E-state index is -1.22. The van der Waals surface area contributed by atoms with E-state index in [1.807, 2.05) is 6.92 Å². The summed E-state index contributed by atoms with van der Waals surface area (Å²) < 4.78 is 57.6. The van der Waals surface area contributed by atoms with Gasteiger partial charge in [0, 0.05) is 133 Å². The lowest BCUT2D eigenvalue weighted by atomic mass is 9.83. The molecule has 0 aliphatic carbocycles. The van der Waals surface area contributed by atoms with Crippen LogP contribution in [0.2, 0.25) is 0 Å². The highest BCUT2D eigenvalue weighted by atomic mass is 16.7. The summed E-state index contributed by atoms with van der Waals surface area (Å²) in [5.74, 6) is -2.08. The van der Waals surface area contributed by atoms with Gasteiger partial charge in [0.05, 0.1) is 91.5 Å². The number of ketones is 5. The summed E-state index contributed by atoms with van der Waals surface area (Å²) in [6.45, 7) is 7.01. The van der Waals surface area contributed by atoms with Crippen LogP contribution in [-0.2, 0) is 85.7 Å². The Labute approximate surface area is 628 Å². The second-order valence-electron chi connectivity index (χ2n) is 29.7. The van der Waals surface area contributed by atoms with Crippen molar-refractivity contribution in [2.45, 2.75) is 313 Å². The van der Waals surface area contributed by atoms with Crippen molar-refractivity contribution in [1.29, 1.82) is 0 Å². The van der Waals surface area contributed by atoms with Crippen LogP contribution in [0.5, 0.6) is 0 Å². The number of hydrogen-bond donors (Lipinski definition) is 11. The fraction of sp³-hybridized carbons (Fsp3) is 0.896. The maximum atomic E-state index is 14.0. The normalized spacial score (nSPS) is 25.5. The zero-order valence-electron chi connectivity index (χ0n) is 64.3. The molecule has 0 bridgehead atoms. The third-order valence-corrected chi connectivity index (χ3v) is 20.2. The lowest BCUT2D eigenvalue weighted by molar-refractivity contribution is -0.282. The fourth-order valence-corrected chi connectivity index (χ4v) is 13.1. The number of ether oxygens (including phenoxy) is 10. The van der Waals surface area contributed by atoms with E-state index in [0.717, 1.165) is 44.9 Å². The van der Waals surface area contributed by atoms with Crippen molar-refractivity contribution in [3.8, 4) is 0 Å². The molecule has 17 unspecified atom stereocenters. The first-order valence-electron chi connectivity index (χ1n) is 39.5. The number of Topliss-reactive ketones (excluding diaryl/α,β-unsaturated/α-hetero) is 5. The smallest absolute Gasteiger partial charge is 0.305 e. The molecule has 3 heterocycles. The minimum absolute atomic E-state index is 0.00439. The van der Waals surface area contributed by atoms with E-state index in [2.05, 4.69) is 10.6 Å². The SMILES string of the molecule is COC(=O)CCCCCCCCCCC(=O)CC(COCCC(=O)CCCCCC(=O)CCCCOC1OC(CO)C(O)C(O)C1C)(COCCC(=O)CCCCCC(=O)CC(C)CCOC1OC(CO)C(O)C(O)C1C)COCCC(=O)NCCCNC(=O)CCCCOC1OC(CO)C(O)C(O)C1C. The summed E-state index contributed by atoms with van der Waals surface area (Å²) in [5, 5.41) is 95.4. The van der Waals surface area contributed by atoms with Gasteiger partial charge in [-0.15, -0.1) is 0 Å². The number of aliphatic hydroxyl groups excluding tert-OH is 9. The molecule has 2 amide bonds. The zero-order valence-corrected chi connectivity index (χ0v) is 64.3. The number of nitrogens with one attached hydrogen (secondary N) is 2. The van der Waals surface area contributed by atoms with Gasteiger partial charge in [-0.2, -0.15) is 0 Å². The average molecular weight is 1520 g/mol. The molecule has 17 atom stereocenters. The molecule has 0 radical (unpaired) electrons. The summed E-state index contributed by atoms with van der Waals surface area (Å²) in [7, 11) is 1.38. The van der Waals surface area contributed by atoms with Crippen molar-refractivity contribution < 1.29 is 132 Å². The molecule has 616 valence electrons.